The molecule has 1 aromatic heterocycles. The van der Waals surface area contributed by atoms with E-state index in [9.17, 15) is 4.79 Å². The lowest BCUT2D eigenvalue weighted by molar-refractivity contribution is -0.127. The smallest absolute Gasteiger partial charge is 0.233 e. The van der Waals surface area contributed by atoms with Gasteiger partial charge in [0.25, 0.3) is 0 Å². The molecule has 0 radical (unpaired) electrons. The molecular formula is C22H25BrN4O2S. The Labute approximate surface area is 189 Å². The summed E-state index contributed by atoms with van der Waals surface area (Å²) in [6, 6.07) is 16.1. The number of hydrogen-bond acceptors (Lipinski definition) is 5. The normalized spacial score (nSPS) is 10.9. The van der Waals surface area contributed by atoms with Gasteiger partial charge in [-0.2, -0.15) is 0 Å². The van der Waals surface area contributed by atoms with Gasteiger partial charge in [-0.05, 0) is 30.7 Å². The second kappa shape index (κ2) is 10.7. The molecule has 30 heavy (non-hydrogen) atoms. The van der Waals surface area contributed by atoms with E-state index in [-0.39, 0.29) is 5.91 Å². The zero-order valence-corrected chi connectivity index (χ0v) is 19.7. The van der Waals surface area contributed by atoms with Gasteiger partial charge in [-0.15, -0.1) is 10.2 Å². The highest BCUT2D eigenvalue weighted by atomic mass is 79.9. The van der Waals surface area contributed by atoms with Crippen molar-refractivity contribution in [3.8, 4) is 11.4 Å². The maximum absolute atomic E-state index is 12.6. The van der Waals surface area contributed by atoms with Crippen molar-refractivity contribution < 1.29 is 9.53 Å². The number of methoxy groups -OCH3 is 1. The molecule has 0 atom stereocenters. The summed E-state index contributed by atoms with van der Waals surface area (Å²) in [5.74, 6) is 1.13. The van der Waals surface area contributed by atoms with E-state index in [4.69, 9.17) is 4.74 Å². The van der Waals surface area contributed by atoms with E-state index in [1.807, 2.05) is 48.0 Å². The molecule has 6 nitrogen and oxygen atoms in total. The van der Waals surface area contributed by atoms with E-state index < -0.39 is 0 Å². The molecule has 0 fully saturated rings. The molecule has 3 aromatic rings. The highest BCUT2D eigenvalue weighted by Crippen LogP contribution is 2.25. The number of carbonyl (C=O) groups excluding carboxylic acids is 1. The minimum absolute atomic E-state index is 0.0429. The van der Waals surface area contributed by atoms with Gasteiger partial charge in [0.15, 0.2) is 11.0 Å². The van der Waals surface area contributed by atoms with Crippen molar-refractivity contribution in [2.75, 3.05) is 26.5 Å². The summed E-state index contributed by atoms with van der Waals surface area (Å²) in [4.78, 5) is 14.4. The highest BCUT2D eigenvalue weighted by Gasteiger charge is 2.17. The van der Waals surface area contributed by atoms with Crippen molar-refractivity contribution in [2.45, 2.75) is 25.2 Å². The molecular weight excluding hydrogens is 464 g/mol. The zero-order chi connectivity index (χ0) is 21.5. The summed E-state index contributed by atoms with van der Waals surface area (Å²) in [5, 5.41) is 9.45. The van der Waals surface area contributed by atoms with Crippen LogP contribution in [0, 0.1) is 6.92 Å². The van der Waals surface area contributed by atoms with Crippen LogP contribution in [0.5, 0.6) is 0 Å². The molecule has 0 aliphatic carbocycles. The van der Waals surface area contributed by atoms with Crippen molar-refractivity contribution in [2.24, 2.45) is 0 Å². The quantitative estimate of drug-likeness (QED) is 0.417. The summed E-state index contributed by atoms with van der Waals surface area (Å²) in [5.41, 5.74) is 3.25. The third kappa shape index (κ3) is 5.93. The van der Waals surface area contributed by atoms with E-state index >= 15 is 0 Å². The lowest BCUT2D eigenvalue weighted by Crippen LogP contribution is -2.28. The number of halogens is 1. The molecule has 1 heterocycles. The maximum Gasteiger partial charge on any atom is 0.233 e. The number of rotatable bonds is 9. The Kier molecular flexibility index (Phi) is 8.07. The number of nitrogens with zero attached hydrogens (tertiary/aromatic N) is 4. The van der Waals surface area contributed by atoms with Gasteiger partial charge in [0.2, 0.25) is 5.91 Å². The zero-order valence-electron chi connectivity index (χ0n) is 17.3. The van der Waals surface area contributed by atoms with Gasteiger partial charge >= 0.3 is 0 Å². The van der Waals surface area contributed by atoms with Crippen LogP contribution in [-0.2, 0) is 22.6 Å². The molecule has 0 unspecified atom stereocenters. The van der Waals surface area contributed by atoms with Gasteiger partial charge in [-0.3, -0.25) is 9.36 Å². The minimum Gasteiger partial charge on any atom is -0.383 e. The topological polar surface area (TPSA) is 60.2 Å². The Morgan fingerprint density at radius 1 is 1.20 bits per heavy atom. The predicted octanol–water partition coefficient (Wildman–Crippen LogP) is 4.41. The largest absolute Gasteiger partial charge is 0.383 e. The SMILES string of the molecule is COCCn1c(SCC(=O)N(C)Cc2ccc(Br)cc2)nnc1-c1cccc(C)c1. The molecule has 0 bridgehead atoms. The van der Waals surface area contributed by atoms with Crippen LogP contribution < -0.4 is 0 Å². The molecule has 0 aliphatic heterocycles. The first-order chi connectivity index (χ1) is 14.5. The molecule has 158 valence electrons. The number of ether oxygens (including phenoxy) is 1. The molecule has 0 N–H and O–H groups in total. The lowest BCUT2D eigenvalue weighted by atomic mass is 10.1. The number of benzene rings is 2. The van der Waals surface area contributed by atoms with Crippen LogP contribution in [0.1, 0.15) is 11.1 Å². The number of aryl methyl sites for hydroxylation is 1. The summed E-state index contributed by atoms with van der Waals surface area (Å²) in [6.45, 7) is 3.78. The third-order valence-corrected chi connectivity index (χ3v) is 6.08. The highest BCUT2D eigenvalue weighted by molar-refractivity contribution is 9.10. The van der Waals surface area contributed by atoms with E-state index in [2.05, 4.69) is 45.2 Å². The number of hydrogen-bond donors (Lipinski definition) is 0. The Balaban J connectivity index is 1.69. The van der Waals surface area contributed by atoms with Crippen LogP contribution in [-0.4, -0.2) is 52.1 Å². The van der Waals surface area contributed by atoms with Crippen LogP contribution in [0.25, 0.3) is 11.4 Å². The average molecular weight is 489 g/mol. The first-order valence-corrected chi connectivity index (χ1v) is 11.4. The van der Waals surface area contributed by atoms with Gasteiger partial charge in [0.1, 0.15) is 0 Å². The average Bonchev–Trinajstić information content (AvgIpc) is 3.14. The fourth-order valence-corrected chi connectivity index (χ4v) is 4.14. The summed E-state index contributed by atoms with van der Waals surface area (Å²) in [6.07, 6.45) is 0. The predicted molar refractivity (Wildman–Crippen MR) is 123 cm³/mol. The molecule has 2 aromatic carbocycles. The van der Waals surface area contributed by atoms with Crippen molar-refractivity contribution >= 4 is 33.6 Å². The van der Waals surface area contributed by atoms with Crippen molar-refractivity contribution in [3.05, 3.63) is 64.1 Å². The second-order valence-corrected chi connectivity index (χ2v) is 8.84. The monoisotopic (exact) mass is 488 g/mol. The molecule has 0 aliphatic rings. The lowest BCUT2D eigenvalue weighted by Gasteiger charge is -2.17. The van der Waals surface area contributed by atoms with Crippen LogP contribution in [0.4, 0.5) is 0 Å². The first kappa shape index (κ1) is 22.5. The standard InChI is InChI=1S/C22H25BrN4O2S/c1-16-5-4-6-18(13-16)21-24-25-22(27(21)11-12-29-3)30-15-20(28)26(2)14-17-7-9-19(23)10-8-17/h4-10,13H,11-12,14-15H2,1-3H3. The van der Waals surface area contributed by atoms with Gasteiger partial charge < -0.3 is 9.64 Å². The minimum atomic E-state index is 0.0429. The fourth-order valence-electron chi connectivity index (χ4n) is 2.97. The number of thioether (sulfide) groups is 1. The molecule has 0 saturated heterocycles. The van der Waals surface area contributed by atoms with Gasteiger partial charge in [-0.1, -0.05) is 63.6 Å². The maximum atomic E-state index is 12.6. The summed E-state index contributed by atoms with van der Waals surface area (Å²) in [7, 11) is 3.49. The number of amides is 1. The van der Waals surface area contributed by atoms with Crippen LogP contribution >= 0.6 is 27.7 Å². The van der Waals surface area contributed by atoms with Crippen molar-refractivity contribution in [1.29, 1.82) is 0 Å². The van der Waals surface area contributed by atoms with Gasteiger partial charge in [-0.25, -0.2) is 0 Å². The molecule has 3 rings (SSSR count). The second-order valence-electron chi connectivity index (χ2n) is 6.99. The van der Waals surface area contributed by atoms with E-state index in [0.717, 1.165) is 27.0 Å². The Bertz CT molecular complexity index is 991. The summed E-state index contributed by atoms with van der Waals surface area (Å²) >= 11 is 4.83. The van der Waals surface area contributed by atoms with E-state index in [1.54, 1.807) is 12.0 Å². The Morgan fingerprint density at radius 3 is 2.67 bits per heavy atom. The number of aromatic nitrogens is 3. The molecule has 8 heteroatoms. The van der Waals surface area contributed by atoms with E-state index in [0.29, 0.717) is 30.6 Å². The fraction of sp³-hybridized carbons (Fsp3) is 0.318. The first-order valence-electron chi connectivity index (χ1n) is 9.58. The third-order valence-electron chi connectivity index (χ3n) is 4.60. The number of carbonyl (C=O) groups is 1. The van der Waals surface area contributed by atoms with Crippen molar-refractivity contribution in [1.82, 2.24) is 19.7 Å². The van der Waals surface area contributed by atoms with Crippen LogP contribution in [0.3, 0.4) is 0 Å². The van der Waals surface area contributed by atoms with E-state index in [1.165, 1.54) is 11.8 Å². The Morgan fingerprint density at radius 2 is 1.97 bits per heavy atom. The van der Waals surface area contributed by atoms with Gasteiger partial charge in [0.05, 0.1) is 18.9 Å². The molecule has 0 spiro atoms. The van der Waals surface area contributed by atoms with Gasteiger partial charge in [0, 0.05) is 30.7 Å². The van der Waals surface area contributed by atoms with Crippen LogP contribution in [0.15, 0.2) is 58.2 Å². The Hall–Kier alpha value is -2.16. The van der Waals surface area contributed by atoms with Crippen LogP contribution in [0.2, 0.25) is 0 Å². The molecule has 0 saturated carbocycles. The summed E-state index contributed by atoms with van der Waals surface area (Å²) < 4.78 is 8.30. The molecule has 1 amide bonds. The van der Waals surface area contributed by atoms with Crippen molar-refractivity contribution in [3.63, 3.8) is 0 Å².